The second kappa shape index (κ2) is 8.35. The van der Waals surface area contributed by atoms with Gasteiger partial charge < -0.3 is 10.1 Å². The average Bonchev–Trinajstić information content (AvgIpc) is 2.36. The number of amides is 1. The fourth-order valence-corrected chi connectivity index (χ4v) is 2.95. The van der Waals surface area contributed by atoms with E-state index < -0.39 is 10.0 Å². The maximum Gasteiger partial charge on any atom is 0.235 e. The van der Waals surface area contributed by atoms with Crippen molar-refractivity contribution in [3.8, 4) is 0 Å². The van der Waals surface area contributed by atoms with Crippen LogP contribution in [0.3, 0.4) is 0 Å². The molecule has 8 heteroatoms. The number of carbonyl (C=O) groups excluding carboxylic acids is 1. The topological polar surface area (TPSA) is 84.5 Å². The number of nitrogens with one attached hydrogen (secondary N) is 2. The number of hydrogen-bond acceptors (Lipinski definition) is 4. The van der Waals surface area contributed by atoms with Crippen molar-refractivity contribution in [2.45, 2.75) is 5.75 Å². The smallest absolute Gasteiger partial charge is 0.235 e. The highest BCUT2D eigenvalue weighted by molar-refractivity contribution is 9.10. The van der Waals surface area contributed by atoms with Gasteiger partial charge in [0.05, 0.1) is 18.9 Å². The molecule has 0 radical (unpaired) electrons. The number of rotatable bonds is 8. The van der Waals surface area contributed by atoms with Crippen molar-refractivity contribution in [1.29, 1.82) is 0 Å². The van der Waals surface area contributed by atoms with E-state index in [4.69, 9.17) is 4.74 Å². The molecule has 1 amide bonds. The first kappa shape index (κ1) is 17.1. The number of benzene rings is 1. The summed E-state index contributed by atoms with van der Waals surface area (Å²) in [6.07, 6.45) is 0. The van der Waals surface area contributed by atoms with Crippen molar-refractivity contribution >= 4 is 31.9 Å². The summed E-state index contributed by atoms with van der Waals surface area (Å²) in [6, 6.07) is 7.00. The highest BCUT2D eigenvalue weighted by Crippen LogP contribution is 2.13. The summed E-state index contributed by atoms with van der Waals surface area (Å²) in [7, 11) is -2.02. The molecule has 112 valence electrons. The SMILES string of the molecule is COCCNC(=O)CNS(=O)(=O)Cc1cccc(Br)c1. The summed E-state index contributed by atoms with van der Waals surface area (Å²) in [5.74, 6) is -0.558. The Morgan fingerprint density at radius 1 is 1.40 bits per heavy atom. The van der Waals surface area contributed by atoms with Crippen LogP contribution in [0.1, 0.15) is 5.56 Å². The molecular formula is C12H17BrN2O4S. The highest BCUT2D eigenvalue weighted by atomic mass is 79.9. The minimum absolute atomic E-state index is 0.169. The lowest BCUT2D eigenvalue weighted by molar-refractivity contribution is -0.120. The molecule has 0 saturated carbocycles. The molecule has 0 heterocycles. The van der Waals surface area contributed by atoms with Crippen molar-refractivity contribution < 1.29 is 17.9 Å². The zero-order valence-electron chi connectivity index (χ0n) is 11.1. The number of methoxy groups -OCH3 is 1. The lowest BCUT2D eigenvalue weighted by Gasteiger charge is -2.08. The number of carbonyl (C=O) groups is 1. The Bertz CT molecular complexity index is 548. The van der Waals surface area contributed by atoms with Crippen LogP contribution in [0.2, 0.25) is 0 Å². The summed E-state index contributed by atoms with van der Waals surface area (Å²) in [5.41, 5.74) is 0.645. The Labute approximate surface area is 127 Å². The van der Waals surface area contributed by atoms with Crippen LogP contribution in [0.25, 0.3) is 0 Å². The third-order valence-corrected chi connectivity index (χ3v) is 4.12. The molecule has 20 heavy (non-hydrogen) atoms. The first-order valence-corrected chi connectivity index (χ1v) is 8.35. The quantitative estimate of drug-likeness (QED) is 0.662. The molecular weight excluding hydrogens is 348 g/mol. The lowest BCUT2D eigenvalue weighted by Crippen LogP contribution is -2.38. The molecule has 0 aliphatic carbocycles. The Morgan fingerprint density at radius 2 is 2.15 bits per heavy atom. The van der Waals surface area contributed by atoms with E-state index >= 15 is 0 Å². The van der Waals surface area contributed by atoms with Gasteiger partial charge in [0, 0.05) is 18.1 Å². The number of halogens is 1. The number of sulfonamides is 1. The molecule has 0 spiro atoms. The third kappa shape index (κ3) is 6.99. The summed E-state index contributed by atoms with van der Waals surface area (Å²) in [5, 5.41) is 2.53. The summed E-state index contributed by atoms with van der Waals surface area (Å²) in [4.78, 5) is 11.4. The largest absolute Gasteiger partial charge is 0.383 e. The molecule has 0 aliphatic rings. The van der Waals surface area contributed by atoms with Crippen molar-refractivity contribution in [1.82, 2.24) is 10.0 Å². The Hall–Kier alpha value is -0.960. The molecule has 0 fully saturated rings. The van der Waals surface area contributed by atoms with E-state index in [1.54, 1.807) is 18.2 Å². The Balaban J connectivity index is 2.44. The van der Waals surface area contributed by atoms with Gasteiger partial charge in [-0.2, -0.15) is 0 Å². The molecule has 2 N–H and O–H groups in total. The fraction of sp³-hybridized carbons (Fsp3) is 0.417. The second-order valence-electron chi connectivity index (χ2n) is 4.05. The average molecular weight is 365 g/mol. The molecule has 0 aromatic heterocycles. The first-order valence-electron chi connectivity index (χ1n) is 5.90. The standard InChI is InChI=1S/C12H17BrN2O4S/c1-19-6-5-14-12(16)8-15-20(17,18)9-10-3-2-4-11(13)7-10/h2-4,7,15H,5-6,8-9H2,1H3,(H,14,16). The van der Waals surface area contributed by atoms with E-state index in [2.05, 4.69) is 26.0 Å². The van der Waals surface area contributed by atoms with Crippen molar-refractivity contribution in [2.24, 2.45) is 0 Å². The summed E-state index contributed by atoms with van der Waals surface area (Å²) < 4.78 is 31.5. The lowest BCUT2D eigenvalue weighted by atomic mass is 10.2. The van der Waals surface area contributed by atoms with Crippen LogP contribution >= 0.6 is 15.9 Å². The van der Waals surface area contributed by atoms with Crippen LogP contribution in [-0.2, 0) is 25.3 Å². The van der Waals surface area contributed by atoms with Crippen LogP contribution in [0.4, 0.5) is 0 Å². The van der Waals surface area contributed by atoms with E-state index in [9.17, 15) is 13.2 Å². The normalized spacial score (nSPS) is 11.3. The Morgan fingerprint density at radius 3 is 2.80 bits per heavy atom. The van der Waals surface area contributed by atoms with Gasteiger partial charge in [-0.15, -0.1) is 0 Å². The Kier molecular flexibility index (Phi) is 7.14. The molecule has 0 atom stereocenters. The zero-order chi connectivity index (χ0) is 15.0. The van der Waals surface area contributed by atoms with Gasteiger partial charge in [-0.1, -0.05) is 28.1 Å². The van der Waals surface area contributed by atoms with Gasteiger partial charge in [-0.25, -0.2) is 13.1 Å². The minimum atomic E-state index is -3.54. The van der Waals surface area contributed by atoms with Crippen molar-refractivity contribution in [3.63, 3.8) is 0 Å². The molecule has 0 unspecified atom stereocenters. The van der Waals surface area contributed by atoms with E-state index in [0.29, 0.717) is 18.7 Å². The summed E-state index contributed by atoms with van der Waals surface area (Å²) >= 11 is 3.28. The van der Waals surface area contributed by atoms with Gasteiger partial charge in [0.1, 0.15) is 0 Å². The highest BCUT2D eigenvalue weighted by Gasteiger charge is 2.13. The predicted octanol–water partition coefficient (Wildman–Crippen LogP) is 0.631. The van der Waals surface area contributed by atoms with Gasteiger partial charge in [-0.05, 0) is 17.7 Å². The first-order chi connectivity index (χ1) is 9.43. The molecule has 0 saturated heterocycles. The zero-order valence-corrected chi connectivity index (χ0v) is 13.5. The molecule has 1 aromatic carbocycles. The van der Waals surface area contributed by atoms with E-state index in [-0.39, 0.29) is 18.2 Å². The van der Waals surface area contributed by atoms with Gasteiger partial charge in [0.25, 0.3) is 0 Å². The monoisotopic (exact) mass is 364 g/mol. The fourth-order valence-electron chi connectivity index (χ4n) is 1.43. The maximum absolute atomic E-state index is 11.8. The van der Waals surface area contributed by atoms with E-state index in [0.717, 1.165) is 4.47 Å². The van der Waals surface area contributed by atoms with E-state index in [1.165, 1.54) is 7.11 Å². The molecule has 1 aromatic rings. The maximum atomic E-state index is 11.8. The van der Waals surface area contributed by atoms with E-state index in [1.807, 2.05) is 6.07 Å². The van der Waals surface area contributed by atoms with Crippen molar-refractivity contribution in [3.05, 3.63) is 34.3 Å². The summed E-state index contributed by atoms with van der Waals surface area (Å²) in [6.45, 7) is 0.458. The van der Waals surface area contributed by atoms with Gasteiger partial charge in [0.15, 0.2) is 0 Å². The third-order valence-electron chi connectivity index (χ3n) is 2.33. The number of ether oxygens (including phenoxy) is 1. The van der Waals surface area contributed by atoms with Crippen LogP contribution in [-0.4, -0.2) is 41.1 Å². The molecule has 0 aliphatic heterocycles. The van der Waals surface area contributed by atoms with Crippen LogP contribution in [0.5, 0.6) is 0 Å². The second-order valence-corrected chi connectivity index (χ2v) is 6.78. The predicted molar refractivity (Wildman–Crippen MR) is 79.7 cm³/mol. The van der Waals surface area contributed by atoms with Crippen LogP contribution in [0.15, 0.2) is 28.7 Å². The van der Waals surface area contributed by atoms with Gasteiger partial charge in [0.2, 0.25) is 15.9 Å². The van der Waals surface area contributed by atoms with Gasteiger partial charge >= 0.3 is 0 Å². The van der Waals surface area contributed by atoms with Crippen LogP contribution < -0.4 is 10.0 Å². The van der Waals surface area contributed by atoms with Gasteiger partial charge in [-0.3, -0.25) is 4.79 Å². The molecule has 1 rings (SSSR count). The van der Waals surface area contributed by atoms with Crippen LogP contribution in [0, 0.1) is 0 Å². The molecule has 6 nitrogen and oxygen atoms in total. The molecule has 0 bridgehead atoms. The van der Waals surface area contributed by atoms with Crippen molar-refractivity contribution in [2.75, 3.05) is 26.8 Å². The number of hydrogen-bond donors (Lipinski definition) is 2. The minimum Gasteiger partial charge on any atom is -0.383 e.